The van der Waals surface area contributed by atoms with Gasteiger partial charge in [0, 0.05) is 12.5 Å². The van der Waals surface area contributed by atoms with E-state index in [4.69, 9.17) is 18.6 Å². The molecule has 0 aromatic heterocycles. The number of carbonyl (C=O) groups is 2. The van der Waals surface area contributed by atoms with Gasteiger partial charge < -0.3 is 18.6 Å². The predicted octanol–water partition coefficient (Wildman–Crippen LogP) is 9.23. The molecule has 0 radical (unpaired) electrons. The molecule has 0 spiro atoms. The topological polar surface area (TPSA) is 71.1 Å². The quantitative estimate of drug-likeness (QED) is 0.0858. The number of fused-ring (bicyclic) bond motifs is 2. The average molecular weight is 651 g/mol. The van der Waals surface area contributed by atoms with Crippen LogP contribution in [-0.2, 0) is 42.9 Å². The Morgan fingerprint density at radius 2 is 1.63 bits per heavy atom. The van der Waals surface area contributed by atoms with Crippen molar-refractivity contribution in [3.63, 3.8) is 0 Å². The molecule has 0 bridgehead atoms. The Labute approximate surface area is 279 Å². The van der Waals surface area contributed by atoms with Crippen LogP contribution < -0.4 is 4.74 Å². The van der Waals surface area contributed by atoms with Crippen LogP contribution >= 0.6 is 0 Å². The SMILES string of the molecule is CCCCC[C@@H](CC[C@H]1C(O[Si](CC)(CC)CC)C[C@@H]2Cc3c(cccc3OCC(=O)OCc3ccccc3)C[C@@H]21)OC(=O)CC. The molecule has 0 aliphatic heterocycles. The highest BCUT2D eigenvalue weighted by Crippen LogP contribution is 2.50. The Morgan fingerprint density at radius 3 is 2.33 bits per heavy atom. The molecule has 2 aliphatic rings. The number of hydrogen-bond acceptors (Lipinski definition) is 6. The second-order valence-electron chi connectivity index (χ2n) is 13.5. The second-order valence-corrected chi connectivity index (χ2v) is 18.2. The van der Waals surface area contributed by atoms with E-state index in [1.165, 1.54) is 17.5 Å². The van der Waals surface area contributed by atoms with Crippen molar-refractivity contribution in [3.05, 3.63) is 65.2 Å². The summed E-state index contributed by atoms with van der Waals surface area (Å²) >= 11 is 0. The van der Waals surface area contributed by atoms with E-state index in [0.717, 1.165) is 80.8 Å². The Balaban J connectivity index is 1.48. The monoisotopic (exact) mass is 650 g/mol. The van der Waals surface area contributed by atoms with Crippen molar-refractivity contribution in [2.24, 2.45) is 17.8 Å². The molecular formula is C39H58O6Si. The van der Waals surface area contributed by atoms with Gasteiger partial charge in [-0.25, -0.2) is 4.79 Å². The van der Waals surface area contributed by atoms with Crippen molar-refractivity contribution in [1.82, 2.24) is 0 Å². The molecule has 254 valence electrons. The summed E-state index contributed by atoms with van der Waals surface area (Å²) in [7, 11) is -1.81. The minimum atomic E-state index is -1.81. The molecule has 7 heteroatoms. The second kappa shape index (κ2) is 18.0. The molecule has 46 heavy (non-hydrogen) atoms. The third-order valence-electron chi connectivity index (χ3n) is 10.8. The summed E-state index contributed by atoms with van der Waals surface area (Å²) in [5, 5.41) is 0. The summed E-state index contributed by atoms with van der Waals surface area (Å²) < 4.78 is 24.9. The molecule has 1 unspecified atom stereocenters. The summed E-state index contributed by atoms with van der Waals surface area (Å²) in [5.41, 5.74) is 3.52. The van der Waals surface area contributed by atoms with Crippen molar-refractivity contribution in [2.75, 3.05) is 6.61 Å². The third-order valence-corrected chi connectivity index (χ3v) is 15.4. The third kappa shape index (κ3) is 9.69. The Hall–Kier alpha value is -2.64. The van der Waals surface area contributed by atoms with E-state index in [9.17, 15) is 9.59 Å². The predicted molar refractivity (Wildman–Crippen MR) is 186 cm³/mol. The summed E-state index contributed by atoms with van der Waals surface area (Å²) in [6.07, 6.45) is 9.96. The first-order chi connectivity index (χ1) is 22.3. The minimum Gasteiger partial charge on any atom is -0.482 e. The van der Waals surface area contributed by atoms with E-state index < -0.39 is 8.32 Å². The fourth-order valence-electron chi connectivity index (χ4n) is 7.82. The number of unbranched alkanes of at least 4 members (excludes halogenated alkanes) is 2. The highest BCUT2D eigenvalue weighted by Gasteiger charge is 2.48. The van der Waals surface area contributed by atoms with Crippen molar-refractivity contribution < 1.29 is 28.2 Å². The number of hydrogen-bond donors (Lipinski definition) is 0. The maximum atomic E-state index is 12.5. The molecule has 1 fully saturated rings. The normalized spacial score (nSPS) is 21.2. The number of carbonyl (C=O) groups excluding carboxylic acids is 2. The van der Waals surface area contributed by atoms with E-state index in [-0.39, 0.29) is 37.4 Å². The van der Waals surface area contributed by atoms with Crippen LogP contribution in [0.1, 0.15) is 103 Å². The van der Waals surface area contributed by atoms with Crippen LogP contribution in [0.15, 0.2) is 48.5 Å². The molecule has 6 nitrogen and oxygen atoms in total. The van der Waals surface area contributed by atoms with Crippen LogP contribution in [-0.4, -0.2) is 39.1 Å². The minimum absolute atomic E-state index is 0.0123. The van der Waals surface area contributed by atoms with Crippen molar-refractivity contribution in [1.29, 1.82) is 0 Å². The Bertz CT molecular complexity index is 1220. The lowest BCUT2D eigenvalue weighted by atomic mass is 9.73. The summed E-state index contributed by atoms with van der Waals surface area (Å²) in [6, 6.07) is 19.4. The lowest BCUT2D eigenvalue weighted by Gasteiger charge is -2.36. The molecule has 0 N–H and O–H groups in total. The number of esters is 2. The highest BCUT2D eigenvalue weighted by molar-refractivity contribution is 6.73. The highest BCUT2D eigenvalue weighted by atomic mass is 28.4. The Morgan fingerprint density at radius 1 is 0.870 bits per heavy atom. The standard InChI is InChI=1S/C39H58O6Si/c1-6-11-13-20-32(44-38(40)7-2)22-23-33-34-24-30-19-16-21-36(42-28-39(41)43-27-29-17-14-12-15-18-29)35(30)25-31(34)26-37(33)45-46(8-3,9-4)10-5/h12,14-19,21,31-34,37H,6-11,13,20,22-28H2,1-5H3/t31-,32-,33+,34-,37?/m0/s1. The van der Waals surface area contributed by atoms with E-state index >= 15 is 0 Å². The van der Waals surface area contributed by atoms with Gasteiger partial charge in [-0.3, -0.25) is 4.79 Å². The molecule has 2 aromatic rings. The average Bonchev–Trinajstić information content (AvgIpc) is 3.42. The maximum absolute atomic E-state index is 12.5. The van der Waals surface area contributed by atoms with Crippen LogP contribution in [0.25, 0.3) is 0 Å². The molecule has 0 heterocycles. The summed E-state index contributed by atoms with van der Waals surface area (Å²) in [5.74, 6) is 1.83. The van der Waals surface area contributed by atoms with Crippen LogP contribution in [0.5, 0.6) is 5.75 Å². The fraction of sp³-hybridized carbons (Fsp3) is 0.641. The van der Waals surface area contributed by atoms with Crippen LogP contribution in [0.4, 0.5) is 0 Å². The van der Waals surface area contributed by atoms with Gasteiger partial charge in [-0.15, -0.1) is 0 Å². The molecule has 0 saturated heterocycles. The molecule has 1 saturated carbocycles. The number of rotatable bonds is 19. The lowest BCUT2D eigenvalue weighted by molar-refractivity contribution is -0.150. The van der Waals surface area contributed by atoms with Crippen LogP contribution in [0.3, 0.4) is 0 Å². The lowest BCUT2D eigenvalue weighted by Crippen LogP contribution is -2.42. The van der Waals surface area contributed by atoms with Crippen LogP contribution in [0.2, 0.25) is 18.1 Å². The van der Waals surface area contributed by atoms with Gasteiger partial charge in [0.1, 0.15) is 18.5 Å². The Kier molecular flexibility index (Phi) is 14.2. The van der Waals surface area contributed by atoms with Crippen molar-refractivity contribution in [3.8, 4) is 5.75 Å². The first-order valence-electron chi connectivity index (χ1n) is 18.1. The molecule has 0 amide bonds. The van der Waals surface area contributed by atoms with Crippen molar-refractivity contribution in [2.45, 2.75) is 136 Å². The van der Waals surface area contributed by atoms with Crippen molar-refractivity contribution >= 4 is 20.3 Å². The molecule has 4 rings (SSSR count). The van der Waals surface area contributed by atoms with Gasteiger partial charge in [0.25, 0.3) is 0 Å². The van der Waals surface area contributed by atoms with E-state index in [1.54, 1.807) is 0 Å². The zero-order chi connectivity index (χ0) is 32.9. The summed E-state index contributed by atoms with van der Waals surface area (Å²) in [6.45, 7) is 11.2. The van der Waals surface area contributed by atoms with Gasteiger partial charge in [-0.2, -0.15) is 0 Å². The largest absolute Gasteiger partial charge is 0.482 e. The molecule has 5 atom stereocenters. The van der Waals surface area contributed by atoms with Gasteiger partial charge in [-0.05, 0) is 104 Å². The zero-order valence-electron chi connectivity index (χ0n) is 29.1. The first kappa shape index (κ1) is 36.2. The van der Waals surface area contributed by atoms with Gasteiger partial charge in [0.2, 0.25) is 0 Å². The van der Waals surface area contributed by atoms with Gasteiger partial charge in [0.05, 0.1) is 0 Å². The van der Waals surface area contributed by atoms with E-state index in [1.807, 2.05) is 43.3 Å². The van der Waals surface area contributed by atoms with Crippen LogP contribution in [0, 0.1) is 17.8 Å². The van der Waals surface area contributed by atoms with E-state index in [2.05, 4.69) is 39.8 Å². The van der Waals surface area contributed by atoms with Gasteiger partial charge in [-0.1, -0.05) is 89.9 Å². The molecular weight excluding hydrogens is 593 g/mol. The first-order valence-corrected chi connectivity index (χ1v) is 20.7. The smallest absolute Gasteiger partial charge is 0.344 e. The number of benzene rings is 2. The summed E-state index contributed by atoms with van der Waals surface area (Å²) in [4.78, 5) is 24.9. The zero-order valence-corrected chi connectivity index (χ0v) is 30.1. The fourth-order valence-corrected chi connectivity index (χ4v) is 10.7. The molecule has 2 aromatic carbocycles. The maximum Gasteiger partial charge on any atom is 0.344 e. The molecule has 2 aliphatic carbocycles. The van der Waals surface area contributed by atoms with Gasteiger partial charge >= 0.3 is 11.9 Å². The van der Waals surface area contributed by atoms with E-state index in [0.29, 0.717) is 24.2 Å². The number of ether oxygens (including phenoxy) is 3. The van der Waals surface area contributed by atoms with Gasteiger partial charge in [0.15, 0.2) is 14.9 Å².